The summed E-state index contributed by atoms with van der Waals surface area (Å²) < 4.78 is 26.0. The zero-order chi connectivity index (χ0) is 16.4. The first-order valence-electron chi connectivity index (χ1n) is 7.32. The Balaban J connectivity index is 2.22. The first-order valence-corrected chi connectivity index (χ1v) is 8.80. The number of aromatic nitrogens is 1. The zero-order valence-corrected chi connectivity index (χ0v) is 13.8. The molecule has 1 heterocycles. The SMILES string of the molecule is Cc1ccc(S(=O)(=O)c2ccc(C)cc2-c2ccccn2)cc1. The van der Waals surface area contributed by atoms with Gasteiger partial charge in [0, 0.05) is 11.8 Å². The summed E-state index contributed by atoms with van der Waals surface area (Å²) in [5.41, 5.74) is 3.30. The normalized spacial score (nSPS) is 11.4. The van der Waals surface area contributed by atoms with E-state index in [0.717, 1.165) is 11.1 Å². The highest BCUT2D eigenvalue weighted by Gasteiger charge is 2.22. The fraction of sp³-hybridized carbons (Fsp3) is 0.105. The van der Waals surface area contributed by atoms with Crippen molar-refractivity contribution in [2.75, 3.05) is 0 Å². The minimum absolute atomic E-state index is 0.283. The molecule has 0 aliphatic heterocycles. The van der Waals surface area contributed by atoms with Crippen molar-refractivity contribution in [1.29, 1.82) is 0 Å². The van der Waals surface area contributed by atoms with Gasteiger partial charge in [0.2, 0.25) is 9.84 Å². The molecule has 4 heteroatoms. The second-order valence-electron chi connectivity index (χ2n) is 5.53. The van der Waals surface area contributed by atoms with Gasteiger partial charge in [0.05, 0.1) is 15.5 Å². The van der Waals surface area contributed by atoms with Crippen molar-refractivity contribution in [3.05, 3.63) is 78.0 Å². The average molecular weight is 323 g/mol. The van der Waals surface area contributed by atoms with Crippen molar-refractivity contribution in [1.82, 2.24) is 4.98 Å². The Kier molecular flexibility index (Phi) is 4.01. The van der Waals surface area contributed by atoms with Crippen LogP contribution in [0, 0.1) is 13.8 Å². The molecule has 0 bridgehead atoms. The lowest BCUT2D eigenvalue weighted by molar-refractivity contribution is 0.596. The van der Waals surface area contributed by atoms with Gasteiger partial charge in [0.25, 0.3) is 0 Å². The molecule has 0 spiro atoms. The van der Waals surface area contributed by atoms with Crippen LogP contribution in [-0.4, -0.2) is 13.4 Å². The molecular formula is C19H17NO2S. The van der Waals surface area contributed by atoms with Gasteiger partial charge in [-0.1, -0.05) is 35.4 Å². The van der Waals surface area contributed by atoms with Gasteiger partial charge in [-0.05, 0) is 50.2 Å². The maximum atomic E-state index is 13.0. The Bertz CT molecular complexity index is 931. The Morgan fingerprint density at radius 1 is 0.826 bits per heavy atom. The molecular weight excluding hydrogens is 306 g/mol. The van der Waals surface area contributed by atoms with Crippen molar-refractivity contribution in [3.63, 3.8) is 0 Å². The van der Waals surface area contributed by atoms with Crippen LogP contribution in [-0.2, 0) is 9.84 Å². The van der Waals surface area contributed by atoms with Gasteiger partial charge in [0.15, 0.2) is 0 Å². The highest BCUT2D eigenvalue weighted by molar-refractivity contribution is 7.91. The van der Waals surface area contributed by atoms with Gasteiger partial charge in [-0.15, -0.1) is 0 Å². The minimum Gasteiger partial charge on any atom is -0.256 e. The lowest BCUT2D eigenvalue weighted by Gasteiger charge is -2.11. The summed E-state index contributed by atoms with van der Waals surface area (Å²) in [6.45, 7) is 3.87. The first kappa shape index (κ1) is 15.4. The quantitative estimate of drug-likeness (QED) is 0.726. The van der Waals surface area contributed by atoms with E-state index in [-0.39, 0.29) is 4.90 Å². The van der Waals surface area contributed by atoms with E-state index in [4.69, 9.17) is 0 Å². The molecule has 0 saturated carbocycles. The summed E-state index contributed by atoms with van der Waals surface area (Å²) in [6, 6.07) is 17.7. The monoisotopic (exact) mass is 323 g/mol. The molecule has 0 aliphatic carbocycles. The number of aryl methyl sites for hydroxylation is 2. The molecule has 0 atom stereocenters. The van der Waals surface area contributed by atoms with Gasteiger partial charge in [0.1, 0.15) is 0 Å². The van der Waals surface area contributed by atoms with E-state index in [1.807, 2.05) is 56.3 Å². The number of benzene rings is 2. The van der Waals surface area contributed by atoms with E-state index < -0.39 is 9.84 Å². The summed E-state index contributed by atoms with van der Waals surface area (Å²) in [7, 11) is -3.59. The third-order valence-electron chi connectivity index (χ3n) is 3.70. The van der Waals surface area contributed by atoms with E-state index in [9.17, 15) is 8.42 Å². The predicted octanol–water partition coefficient (Wildman–Crippen LogP) is 4.20. The molecule has 0 saturated heterocycles. The van der Waals surface area contributed by atoms with E-state index >= 15 is 0 Å². The number of pyridine rings is 1. The van der Waals surface area contributed by atoms with Crippen LogP contribution in [0.5, 0.6) is 0 Å². The number of nitrogens with zero attached hydrogens (tertiary/aromatic N) is 1. The van der Waals surface area contributed by atoms with Gasteiger partial charge in [-0.3, -0.25) is 4.98 Å². The third-order valence-corrected chi connectivity index (χ3v) is 5.52. The molecule has 0 amide bonds. The molecule has 2 aromatic carbocycles. The van der Waals surface area contributed by atoms with Gasteiger partial charge in [-0.2, -0.15) is 0 Å². The van der Waals surface area contributed by atoms with Crippen LogP contribution < -0.4 is 0 Å². The Morgan fingerprint density at radius 2 is 1.52 bits per heavy atom. The highest BCUT2D eigenvalue weighted by atomic mass is 32.2. The van der Waals surface area contributed by atoms with Gasteiger partial charge >= 0.3 is 0 Å². The molecule has 0 radical (unpaired) electrons. The molecule has 0 unspecified atom stereocenters. The van der Waals surface area contributed by atoms with Gasteiger partial charge in [-0.25, -0.2) is 8.42 Å². The van der Waals surface area contributed by atoms with E-state index in [2.05, 4.69) is 4.98 Å². The van der Waals surface area contributed by atoms with Crippen LogP contribution in [0.2, 0.25) is 0 Å². The first-order chi connectivity index (χ1) is 11.0. The van der Waals surface area contributed by atoms with Crippen LogP contribution in [0.4, 0.5) is 0 Å². The molecule has 0 aliphatic rings. The minimum atomic E-state index is -3.59. The number of rotatable bonds is 3. The van der Waals surface area contributed by atoms with Crippen LogP contribution in [0.1, 0.15) is 11.1 Å². The lowest BCUT2D eigenvalue weighted by atomic mass is 10.1. The summed E-state index contributed by atoms with van der Waals surface area (Å²) in [5, 5.41) is 0. The summed E-state index contributed by atoms with van der Waals surface area (Å²) >= 11 is 0. The molecule has 116 valence electrons. The average Bonchev–Trinajstić information content (AvgIpc) is 2.56. The lowest BCUT2D eigenvalue weighted by Crippen LogP contribution is -2.05. The van der Waals surface area contributed by atoms with Crippen LogP contribution >= 0.6 is 0 Å². The van der Waals surface area contributed by atoms with Gasteiger partial charge < -0.3 is 0 Å². The maximum Gasteiger partial charge on any atom is 0.207 e. The molecule has 1 aromatic heterocycles. The van der Waals surface area contributed by atoms with Crippen molar-refractivity contribution < 1.29 is 8.42 Å². The fourth-order valence-electron chi connectivity index (χ4n) is 2.44. The predicted molar refractivity (Wildman–Crippen MR) is 91.0 cm³/mol. The molecule has 23 heavy (non-hydrogen) atoms. The molecule has 3 nitrogen and oxygen atoms in total. The Labute approximate surface area is 136 Å². The van der Waals surface area contributed by atoms with Crippen molar-refractivity contribution in [2.45, 2.75) is 23.6 Å². The smallest absolute Gasteiger partial charge is 0.207 e. The van der Waals surface area contributed by atoms with Crippen LogP contribution in [0.3, 0.4) is 0 Å². The van der Waals surface area contributed by atoms with Crippen molar-refractivity contribution in [3.8, 4) is 11.3 Å². The molecule has 0 fully saturated rings. The second-order valence-corrected chi connectivity index (χ2v) is 7.45. The summed E-state index contributed by atoms with van der Waals surface area (Å²) in [6.07, 6.45) is 1.67. The van der Waals surface area contributed by atoms with Crippen LogP contribution in [0.15, 0.2) is 76.7 Å². The number of hydrogen-bond acceptors (Lipinski definition) is 3. The number of sulfone groups is 1. The van der Waals surface area contributed by atoms with Crippen molar-refractivity contribution in [2.24, 2.45) is 0 Å². The number of hydrogen-bond donors (Lipinski definition) is 0. The Morgan fingerprint density at radius 3 is 2.17 bits per heavy atom. The van der Waals surface area contributed by atoms with E-state index in [0.29, 0.717) is 16.2 Å². The summed E-state index contributed by atoms with van der Waals surface area (Å²) in [5.74, 6) is 0. The van der Waals surface area contributed by atoms with Crippen molar-refractivity contribution >= 4 is 9.84 Å². The Hall–Kier alpha value is -2.46. The van der Waals surface area contributed by atoms with Crippen LogP contribution in [0.25, 0.3) is 11.3 Å². The molecule has 0 N–H and O–H groups in total. The topological polar surface area (TPSA) is 47.0 Å². The van der Waals surface area contributed by atoms with E-state index in [1.54, 1.807) is 24.4 Å². The largest absolute Gasteiger partial charge is 0.256 e. The maximum absolute atomic E-state index is 13.0. The molecule has 3 rings (SSSR count). The highest BCUT2D eigenvalue weighted by Crippen LogP contribution is 2.31. The second kappa shape index (κ2) is 5.97. The standard InChI is InChI=1S/C19H17NO2S/c1-14-6-9-16(10-7-14)23(21,22)19-11-8-15(2)13-17(19)18-5-3-4-12-20-18/h3-13H,1-2H3. The zero-order valence-electron chi connectivity index (χ0n) is 13.0. The molecule has 3 aromatic rings. The fourth-order valence-corrected chi connectivity index (χ4v) is 3.89. The third kappa shape index (κ3) is 3.03. The summed E-state index contributed by atoms with van der Waals surface area (Å²) in [4.78, 5) is 4.89. The van der Waals surface area contributed by atoms with E-state index in [1.165, 1.54) is 0 Å².